The van der Waals surface area contributed by atoms with Gasteiger partial charge in [0.05, 0.1) is 18.4 Å². The van der Waals surface area contributed by atoms with E-state index in [0.717, 1.165) is 11.4 Å². The number of hydrogen-bond acceptors (Lipinski definition) is 3. The van der Waals surface area contributed by atoms with Crippen molar-refractivity contribution in [3.63, 3.8) is 0 Å². The summed E-state index contributed by atoms with van der Waals surface area (Å²) in [7, 11) is 1.59. The van der Waals surface area contributed by atoms with Crippen LogP contribution in [0.15, 0.2) is 18.2 Å². The van der Waals surface area contributed by atoms with Crippen LogP contribution in [0.4, 0.5) is 0 Å². The molecule has 1 heterocycles. The minimum Gasteiger partial charge on any atom is -0.507 e. The standard InChI is InChI=1S/C12H14N2O2/c1-7-8(2)14-12(13-7)10-6-9(16-3)4-5-11(10)15/h4-6,15H,1-3H3,(H,13,14). The fourth-order valence-electron chi connectivity index (χ4n) is 1.51. The minimum absolute atomic E-state index is 0.189. The van der Waals surface area contributed by atoms with Crippen molar-refractivity contribution < 1.29 is 9.84 Å². The molecule has 0 unspecified atom stereocenters. The van der Waals surface area contributed by atoms with Crippen LogP contribution in [0.1, 0.15) is 11.4 Å². The number of aromatic hydroxyl groups is 1. The lowest BCUT2D eigenvalue weighted by Crippen LogP contribution is -1.86. The van der Waals surface area contributed by atoms with Gasteiger partial charge < -0.3 is 14.8 Å². The Bertz CT molecular complexity index is 498. The summed E-state index contributed by atoms with van der Waals surface area (Å²) in [4.78, 5) is 7.47. The van der Waals surface area contributed by atoms with E-state index in [2.05, 4.69) is 9.97 Å². The second-order valence-electron chi connectivity index (χ2n) is 3.68. The molecular weight excluding hydrogens is 204 g/mol. The summed E-state index contributed by atoms with van der Waals surface area (Å²) in [6.07, 6.45) is 0. The molecular formula is C12H14N2O2. The van der Waals surface area contributed by atoms with Crippen LogP contribution < -0.4 is 4.74 Å². The van der Waals surface area contributed by atoms with Gasteiger partial charge in [-0.25, -0.2) is 4.98 Å². The van der Waals surface area contributed by atoms with Crippen LogP contribution in [0.2, 0.25) is 0 Å². The molecule has 0 aliphatic carbocycles. The fraction of sp³-hybridized carbons (Fsp3) is 0.250. The molecule has 2 aromatic rings. The molecule has 0 aliphatic heterocycles. The van der Waals surface area contributed by atoms with Crippen LogP contribution in [-0.4, -0.2) is 22.2 Å². The highest BCUT2D eigenvalue weighted by atomic mass is 16.5. The molecule has 0 aliphatic rings. The lowest BCUT2D eigenvalue weighted by Gasteiger charge is -2.04. The van der Waals surface area contributed by atoms with E-state index in [9.17, 15) is 5.11 Å². The number of hydrogen-bond donors (Lipinski definition) is 2. The third kappa shape index (κ3) is 1.74. The maximum atomic E-state index is 9.77. The molecule has 0 bridgehead atoms. The lowest BCUT2D eigenvalue weighted by molar-refractivity contribution is 0.412. The van der Waals surface area contributed by atoms with Crippen molar-refractivity contribution >= 4 is 0 Å². The third-order valence-corrected chi connectivity index (χ3v) is 2.59. The molecule has 0 radical (unpaired) electrons. The first kappa shape index (κ1) is 10.5. The number of aromatic amines is 1. The topological polar surface area (TPSA) is 58.1 Å². The zero-order valence-electron chi connectivity index (χ0n) is 9.53. The molecule has 0 saturated heterocycles. The van der Waals surface area contributed by atoms with Gasteiger partial charge in [-0.15, -0.1) is 0 Å². The zero-order valence-corrected chi connectivity index (χ0v) is 9.53. The molecule has 0 atom stereocenters. The van der Waals surface area contributed by atoms with E-state index in [1.807, 2.05) is 13.8 Å². The van der Waals surface area contributed by atoms with Gasteiger partial charge in [-0.1, -0.05) is 0 Å². The van der Waals surface area contributed by atoms with Gasteiger partial charge in [0.25, 0.3) is 0 Å². The summed E-state index contributed by atoms with van der Waals surface area (Å²) in [6.45, 7) is 3.87. The minimum atomic E-state index is 0.189. The van der Waals surface area contributed by atoms with Gasteiger partial charge in [-0.2, -0.15) is 0 Å². The van der Waals surface area contributed by atoms with Crippen molar-refractivity contribution in [3.8, 4) is 22.9 Å². The molecule has 2 N–H and O–H groups in total. The quantitative estimate of drug-likeness (QED) is 0.813. The second-order valence-corrected chi connectivity index (χ2v) is 3.68. The monoisotopic (exact) mass is 218 g/mol. The smallest absolute Gasteiger partial charge is 0.141 e. The Morgan fingerprint density at radius 1 is 1.31 bits per heavy atom. The maximum Gasteiger partial charge on any atom is 0.141 e. The molecule has 16 heavy (non-hydrogen) atoms. The summed E-state index contributed by atoms with van der Waals surface area (Å²) in [6, 6.07) is 5.07. The van der Waals surface area contributed by atoms with Crippen molar-refractivity contribution in [1.82, 2.24) is 9.97 Å². The van der Waals surface area contributed by atoms with Gasteiger partial charge in [0.2, 0.25) is 0 Å². The predicted octanol–water partition coefficient (Wildman–Crippen LogP) is 2.41. The van der Waals surface area contributed by atoms with Crippen LogP contribution in [0.5, 0.6) is 11.5 Å². The number of nitrogens with zero attached hydrogens (tertiary/aromatic N) is 1. The lowest BCUT2D eigenvalue weighted by atomic mass is 10.2. The van der Waals surface area contributed by atoms with Crippen molar-refractivity contribution in [1.29, 1.82) is 0 Å². The maximum absolute atomic E-state index is 9.77. The van der Waals surface area contributed by atoms with Crippen molar-refractivity contribution in [3.05, 3.63) is 29.6 Å². The van der Waals surface area contributed by atoms with Crippen LogP contribution in [0, 0.1) is 13.8 Å². The third-order valence-electron chi connectivity index (χ3n) is 2.59. The average Bonchev–Trinajstić information content (AvgIpc) is 2.60. The van der Waals surface area contributed by atoms with Gasteiger partial charge in [0.15, 0.2) is 0 Å². The zero-order chi connectivity index (χ0) is 11.7. The molecule has 0 spiro atoms. The molecule has 2 rings (SSSR count). The van der Waals surface area contributed by atoms with Crippen LogP contribution in [-0.2, 0) is 0 Å². The fourth-order valence-corrected chi connectivity index (χ4v) is 1.51. The number of aryl methyl sites for hydroxylation is 2. The summed E-state index contributed by atoms with van der Waals surface area (Å²) >= 11 is 0. The summed E-state index contributed by atoms with van der Waals surface area (Å²) in [5.41, 5.74) is 2.57. The number of nitrogens with one attached hydrogen (secondary N) is 1. The molecule has 1 aromatic carbocycles. The molecule has 0 saturated carbocycles. The first-order valence-electron chi connectivity index (χ1n) is 5.02. The average molecular weight is 218 g/mol. The second kappa shape index (κ2) is 3.89. The Kier molecular flexibility index (Phi) is 2.56. The van der Waals surface area contributed by atoms with E-state index in [1.54, 1.807) is 25.3 Å². The largest absolute Gasteiger partial charge is 0.507 e. The van der Waals surface area contributed by atoms with Gasteiger partial charge >= 0.3 is 0 Å². The van der Waals surface area contributed by atoms with Gasteiger partial charge in [-0.05, 0) is 32.0 Å². The summed E-state index contributed by atoms with van der Waals surface area (Å²) < 4.78 is 5.12. The van der Waals surface area contributed by atoms with Crippen molar-refractivity contribution in [2.45, 2.75) is 13.8 Å². The number of H-pyrrole nitrogens is 1. The summed E-state index contributed by atoms with van der Waals surface area (Å²) in [5, 5.41) is 9.77. The number of methoxy groups -OCH3 is 1. The molecule has 0 fully saturated rings. The number of phenols is 1. The summed E-state index contributed by atoms with van der Waals surface area (Å²) in [5.74, 6) is 1.54. The Hall–Kier alpha value is -1.97. The van der Waals surface area contributed by atoms with E-state index >= 15 is 0 Å². The Morgan fingerprint density at radius 2 is 2.06 bits per heavy atom. The van der Waals surface area contributed by atoms with E-state index in [-0.39, 0.29) is 5.75 Å². The highest BCUT2D eigenvalue weighted by molar-refractivity contribution is 5.66. The molecule has 4 heteroatoms. The molecule has 0 amide bonds. The van der Waals surface area contributed by atoms with E-state index in [1.165, 1.54) is 0 Å². The number of ether oxygens (including phenoxy) is 1. The number of phenolic OH excluding ortho intramolecular Hbond substituents is 1. The predicted molar refractivity (Wildman–Crippen MR) is 61.7 cm³/mol. The van der Waals surface area contributed by atoms with Crippen molar-refractivity contribution in [2.75, 3.05) is 7.11 Å². The van der Waals surface area contributed by atoms with E-state index in [0.29, 0.717) is 17.1 Å². The Balaban J connectivity index is 2.54. The number of rotatable bonds is 2. The van der Waals surface area contributed by atoms with Gasteiger partial charge in [0.1, 0.15) is 17.3 Å². The number of imidazole rings is 1. The molecule has 1 aromatic heterocycles. The first-order chi connectivity index (χ1) is 7.61. The van der Waals surface area contributed by atoms with E-state index < -0.39 is 0 Å². The van der Waals surface area contributed by atoms with Crippen LogP contribution >= 0.6 is 0 Å². The van der Waals surface area contributed by atoms with Crippen LogP contribution in [0.3, 0.4) is 0 Å². The SMILES string of the molecule is COc1ccc(O)c(-c2nc(C)c(C)[nH]2)c1. The normalized spacial score (nSPS) is 10.4. The van der Waals surface area contributed by atoms with Crippen LogP contribution in [0.25, 0.3) is 11.4 Å². The van der Waals surface area contributed by atoms with E-state index in [4.69, 9.17) is 4.74 Å². The molecule has 4 nitrogen and oxygen atoms in total. The number of aromatic nitrogens is 2. The highest BCUT2D eigenvalue weighted by Gasteiger charge is 2.10. The highest BCUT2D eigenvalue weighted by Crippen LogP contribution is 2.31. The Labute approximate surface area is 93.9 Å². The molecule has 84 valence electrons. The van der Waals surface area contributed by atoms with Gasteiger partial charge in [-0.3, -0.25) is 0 Å². The first-order valence-corrected chi connectivity index (χ1v) is 5.02. The van der Waals surface area contributed by atoms with Gasteiger partial charge in [0, 0.05) is 5.69 Å². The van der Waals surface area contributed by atoms with Crippen molar-refractivity contribution in [2.24, 2.45) is 0 Å². The number of benzene rings is 1. The Morgan fingerprint density at radius 3 is 2.62 bits per heavy atom.